The van der Waals surface area contributed by atoms with E-state index < -0.39 is 12.0 Å². The number of anilines is 1. The van der Waals surface area contributed by atoms with E-state index >= 15 is 0 Å². The number of carbonyl (C=O) groups is 1. The first-order valence-corrected chi connectivity index (χ1v) is 10.9. The molecule has 10 heteroatoms. The predicted octanol–water partition coefficient (Wildman–Crippen LogP) is 2.62. The van der Waals surface area contributed by atoms with Gasteiger partial charge in [-0.1, -0.05) is 0 Å². The number of imidazole rings is 1. The molecule has 4 aromatic rings. The minimum absolute atomic E-state index is 0.237. The van der Waals surface area contributed by atoms with Crippen molar-refractivity contribution < 1.29 is 13.6 Å². The molecule has 33 heavy (non-hydrogen) atoms. The van der Waals surface area contributed by atoms with Gasteiger partial charge in [0.15, 0.2) is 11.5 Å². The van der Waals surface area contributed by atoms with E-state index in [1.807, 2.05) is 17.9 Å². The van der Waals surface area contributed by atoms with Gasteiger partial charge in [0.1, 0.15) is 11.7 Å². The number of halogens is 2. The summed E-state index contributed by atoms with van der Waals surface area (Å²) in [6, 6.07) is 4.62. The maximum absolute atomic E-state index is 14.7. The number of nitrogens with zero attached hydrogens (tertiary/aromatic N) is 5. The number of pyridine rings is 1. The molecule has 2 atom stereocenters. The normalized spacial score (nSPS) is 18.5. The number of alkyl halides is 1. The van der Waals surface area contributed by atoms with Crippen molar-refractivity contribution in [1.29, 1.82) is 0 Å². The van der Waals surface area contributed by atoms with E-state index in [4.69, 9.17) is 0 Å². The lowest BCUT2D eigenvalue weighted by Crippen LogP contribution is -2.34. The first-order valence-electron chi connectivity index (χ1n) is 10.9. The van der Waals surface area contributed by atoms with Gasteiger partial charge in [-0.2, -0.15) is 5.10 Å². The van der Waals surface area contributed by atoms with Crippen LogP contribution in [-0.4, -0.2) is 64.0 Å². The number of likely N-dealkylation sites (N-methyl/N-ethyl adjacent to an activating group) is 1. The summed E-state index contributed by atoms with van der Waals surface area (Å²) in [6.07, 6.45) is 4.22. The van der Waals surface area contributed by atoms with Gasteiger partial charge < -0.3 is 19.9 Å². The summed E-state index contributed by atoms with van der Waals surface area (Å²) >= 11 is 0. The number of hydrogen-bond acceptors (Lipinski definition) is 5. The van der Waals surface area contributed by atoms with Crippen LogP contribution in [0.25, 0.3) is 22.2 Å². The van der Waals surface area contributed by atoms with E-state index in [0.717, 1.165) is 5.69 Å². The monoisotopic (exact) mass is 453 g/mol. The molecule has 1 amide bonds. The zero-order valence-electron chi connectivity index (χ0n) is 18.6. The maximum atomic E-state index is 14.7. The van der Waals surface area contributed by atoms with Crippen molar-refractivity contribution in [2.24, 2.45) is 0 Å². The van der Waals surface area contributed by atoms with Crippen LogP contribution in [0.15, 0.2) is 36.8 Å². The van der Waals surface area contributed by atoms with Gasteiger partial charge in [-0.3, -0.25) is 4.79 Å². The number of carbonyl (C=O) groups excluding carboxylic acids is 1. The van der Waals surface area contributed by atoms with Crippen LogP contribution in [-0.2, 0) is 0 Å². The molecule has 0 spiro atoms. The highest BCUT2D eigenvalue weighted by Gasteiger charge is 2.33. The Kier molecular flexibility index (Phi) is 5.24. The zero-order chi connectivity index (χ0) is 23.3. The molecule has 0 saturated carbocycles. The summed E-state index contributed by atoms with van der Waals surface area (Å²) in [7, 11) is 1.75. The second-order valence-corrected chi connectivity index (χ2v) is 8.30. The van der Waals surface area contributed by atoms with Gasteiger partial charge in [0.2, 0.25) is 0 Å². The Bertz CT molecular complexity index is 1360. The van der Waals surface area contributed by atoms with Crippen LogP contribution < -0.4 is 15.5 Å². The van der Waals surface area contributed by atoms with E-state index in [9.17, 15) is 13.6 Å². The topological polar surface area (TPSA) is 79.5 Å². The van der Waals surface area contributed by atoms with Crippen LogP contribution in [0, 0.1) is 12.7 Å². The standard InChI is InChI=1S/C23H25F2N7O/c1-4-27-23(33)15-5-6-20(30-11-18(25)19(12-30)26-3)16-10-32(29-21(15)16)14-7-17(24)22-28-13(2)8-31(22)9-14/h5-10,18-19,26H,4,11-12H2,1-3H3,(H,27,33)/t18-,19+/m0/s1. The molecule has 0 unspecified atom stereocenters. The average Bonchev–Trinajstić information content (AvgIpc) is 3.49. The highest BCUT2D eigenvalue weighted by atomic mass is 19.1. The summed E-state index contributed by atoms with van der Waals surface area (Å²) in [5.74, 6) is -0.718. The van der Waals surface area contributed by atoms with Gasteiger partial charge in [0.05, 0.1) is 29.5 Å². The fraction of sp³-hybridized carbons (Fsp3) is 0.348. The highest BCUT2D eigenvalue weighted by molar-refractivity contribution is 6.09. The molecule has 4 heterocycles. The van der Waals surface area contributed by atoms with Gasteiger partial charge in [-0.15, -0.1) is 0 Å². The summed E-state index contributed by atoms with van der Waals surface area (Å²) < 4.78 is 32.3. The van der Waals surface area contributed by atoms with Crippen LogP contribution in [0.4, 0.5) is 14.5 Å². The van der Waals surface area contributed by atoms with Crippen molar-refractivity contribution in [3.05, 3.63) is 53.9 Å². The molecule has 5 rings (SSSR count). The number of amides is 1. The van der Waals surface area contributed by atoms with E-state index in [2.05, 4.69) is 20.7 Å². The number of fused-ring (bicyclic) bond motifs is 2. The fourth-order valence-corrected chi connectivity index (χ4v) is 4.46. The Balaban J connectivity index is 1.67. The van der Waals surface area contributed by atoms with E-state index in [-0.39, 0.29) is 24.1 Å². The Morgan fingerprint density at radius 3 is 2.79 bits per heavy atom. The largest absolute Gasteiger partial charge is 0.366 e. The molecule has 1 saturated heterocycles. The average molecular weight is 453 g/mol. The lowest BCUT2D eigenvalue weighted by Gasteiger charge is -2.19. The predicted molar refractivity (Wildman–Crippen MR) is 122 cm³/mol. The molecule has 1 aromatic carbocycles. The molecular weight excluding hydrogens is 428 g/mol. The van der Waals surface area contributed by atoms with E-state index in [1.165, 1.54) is 6.07 Å². The van der Waals surface area contributed by atoms with Crippen LogP contribution in [0.3, 0.4) is 0 Å². The molecule has 8 nitrogen and oxygen atoms in total. The van der Waals surface area contributed by atoms with Gasteiger partial charge in [0, 0.05) is 48.8 Å². The zero-order valence-corrected chi connectivity index (χ0v) is 18.6. The first kappa shape index (κ1) is 21.3. The van der Waals surface area contributed by atoms with Crippen molar-refractivity contribution in [2.45, 2.75) is 26.1 Å². The van der Waals surface area contributed by atoms with Crippen LogP contribution in [0.2, 0.25) is 0 Å². The lowest BCUT2D eigenvalue weighted by atomic mass is 10.1. The first-order chi connectivity index (χ1) is 15.9. The van der Waals surface area contributed by atoms with Crippen molar-refractivity contribution in [1.82, 2.24) is 29.8 Å². The number of aryl methyl sites for hydroxylation is 1. The van der Waals surface area contributed by atoms with Crippen molar-refractivity contribution in [2.75, 3.05) is 31.6 Å². The fourth-order valence-electron chi connectivity index (χ4n) is 4.46. The molecule has 2 N–H and O–H groups in total. The molecule has 3 aromatic heterocycles. The molecule has 0 bridgehead atoms. The van der Waals surface area contributed by atoms with Crippen LogP contribution in [0.5, 0.6) is 0 Å². The summed E-state index contributed by atoms with van der Waals surface area (Å²) in [5, 5.41) is 11.2. The van der Waals surface area contributed by atoms with Crippen molar-refractivity contribution >= 4 is 28.1 Å². The van der Waals surface area contributed by atoms with Gasteiger partial charge in [-0.05, 0) is 33.0 Å². The Morgan fingerprint density at radius 2 is 2.06 bits per heavy atom. The number of hydrogen-bond donors (Lipinski definition) is 2. The highest BCUT2D eigenvalue weighted by Crippen LogP contribution is 2.33. The molecule has 1 aliphatic rings. The third kappa shape index (κ3) is 3.60. The van der Waals surface area contributed by atoms with Gasteiger partial charge in [-0.25, -0.2) is 18.4 Å². The Labute approximate surface area is 189 Å². The van der Waals surface area contributed by atoms with E-state index in [0.29, 0.717) is 40.9 Å². The second-order valence-electron chi connectivity index (χ2n) is 8.30. The summed E-state index contributed by atoms with van der Waals surface area (Å²) in [4.78, 5) is 18.8. The Morgan fingerprint density at radius 1 is 1.24 bits per heavy atom. The van der Waals surface area contributed by atoms with Gasteiger partial charge in [0.25, 0.3) is 5.91 Å². The molecule has 0 radical (unpaired) electrons. The number of rotatable bonds is 5. The smallest absolute Gasteiger partial charge is 0.253 e. The molecule has 1 aliphatic heterocycles. The SMILES string of the molecule is CCNC(=O)c1ccc(N2C[C@H](F)[C@H](NC)C2)c2cn(-c3cc(F)c4nc(C)cn4c3)nc12. The number of aromatic nitrogens is 4. The summed E-state index contributed by atoms with van der Waals surface area (Å²) in [6.45, 7) is 4.85. The van der Waals surface area contributed by atoms with Crippen LogP contribution >= 0.6 is 0 Å². The van der Waals surface area contributed by atoms with E-state index in [1.54, 1.807) is 47.7 Å². The maximum Gasteiger partial charge on any atom is 0.253 e. The molecule has 0 aliphatic carbocycles. The number of benzene rings is 1. The number of nitrogens with one attached hydrogen (secondary N) is 2. The quantitative estimate of drug-likeness (QED) is 0.486. The second kappa shape index (κ2) is 8.11. The van der Waals surface area contributed by atoms with Crippen molar-refractivity contribution in [3.63, 3.8) is 0 Å². The van der Waals surface area contributed by atoms with Gasteiger partial charge >= 0.3 is 0 Å². The lowest BCUT2D eigenvalue weighted by molar-refractivity contribution is 0.0957. The minimum Gasteiger partial charge on any atom is -0.366 e. The summed E-state index contributed by atoms with van der Waals surface area (Å²) in [5.41, 5.74) is 3.09. The molecular formula is C23H25F2N7O. The Hall–Kier alpha value is -3.53. The third-order valence-electron chi connectivity index (χ3n) is 6.07. The molecule has 172 valence electrons. The molecule has 1 fully saturated rings. The third-order valence-corrected chi connectivity index (χ3v) is 6.07. The van der Waals surface area contributed by atoms with Crippen molar-refractivity contribution in [3.8, 4) is 5.69 Å². The van der Waals surface area contributed by atoms with Crippen LogP contribution in [0.1, 0.15) is 23.0 Å². The minimum atomic E-state index is -1.01.